The van der Waals surface area contributed by atoms with Gasteiger partial charge >= 0.3 is 0 Å². The molecule has 3 amide bonds. The molecule has 3 saturated heterocycles. The summed E-state index contributed by atoms with van der Waals surface area (Å²) in [6.07, 6.45) is 3.75. The lowest BCUT2D eigenvalue weighted by Crippen LogP contribution is -2.60. The largest absolute Gasteiger partial charge is 0.370 e. The third-order valence-corrected chi connectivity index (χ3v) is 11.2. The molecule has 3 aromatic rings. The lowest BCUT2D eigenvalue weighted by atomic mass is 9.89. The number of nitrogens with zero attached hydrogens (tertiary/aromatic N) is 4. The topological polar surface area (TPSA) is 153 Å². The van der Waals surface area contributed by atoms with Crippen LogP contribution in [0.3, 0.4) is 0 Å². The molecule has 0 aliphatic carbocycles. The van der Waals surface area contributed by atoms with Crippen LogP contribution in [-0.2, 0) is 20.8 Å². The third-order valence-electron chi connectivity index (χ3n) is 9.38. The van der Waals surface area contributed by atoms with Gasteiger partial charge < -0.3 is 25.8 Å². The van der Waals surface area contributed by atoms with E-state index in [1.54, 1.807) is 26.8 Å². The van der Waals surface area contributed by atoms with Crippen molar-refractivity contribution in [1.82, 2.24) is 25.0 Å². The summed E-state index contributed by atoms with van der Waals surface area (Å²) in [5.74, 6) is -1.02. The van der Waals surface area contributed by atoms with E-state index in [0.717, 1.165) is 28.6 Å². The van der Waals surface area contributed by atoms with Crippen LogP contribution < -0.4 is 11.1 Å². The van der Waals surface area contributed by atoms with E-state index in [1.807, 2.05) is 30.3 Å². The molecular formula is C33H37Cl2N7O4S. The minimum Gasteiger partial charge on any atom is -0.370 e. The maximum absolute atomic E-state index is 13.9. The number of aromatic nitrogens is 1. The van der Waals surface area contributed by atoms with Gasteiger partial charge in [-0.25, -0.2) is 4.98 Å². The Morgan fingerprint density at radius 2 is 1.87 bits per heavy atom. The predicted molar refractivity (Wildman–Crippen MR) is 182 cm³/mol. The number of Topliss-reactive ketones (excluding diaryl/α,β-unsaturated/α-hetero) is 1. The van der Waals surface area contributed by atoms with Crippen LogP contribution in [0.5, 0.6) is 0 Å². The SMILES string of the molecule is N=C(N)N1CCCC(CC(NC(=O)[C@@H]2CC[C@H]3CN(C(=O)CCc4ccc(Cl)c(Cl)c4)CC(=O)N32)C(=O)c2nc3ccccc3s2)C1. The highest BCUT2D eigenvalue weighted by atomic mass is 35.5. The predicted octanol–water partition coefficient (Wildman–Crippen LogP) is 4.10. The van der Waals surface area contributed by atoms with E-state index in [1.165, 1.54) is 11.3 Å². The second-order valence-corrected chi connectivity index (χ2v) is 14.4. The molecule has 0 spiro atoms. The summed E-state index contributed by atoms with van der Waals surface area (Å²) >= 11 is 13.4. The Morgan fingerprint density at radius 1 is 1.06 bits per heavy atom. The number of carbonyl (C=O) groups excluding carboxylic acids is 4. The van der Waals surface area contributed by atoms with Crippen LogP contribution in [0.1, 0.15) is 53.9 Å². The van der Waals surface area contributed by atoms with Gasteiger partial charge in [-0.3, -0.25) is 24.6 Å². The summed E-state index contributed by atoms with van der Waals surface area (Å²) in [6.45, 7) is 1.47. The Kier molecular flexibility index (Phi) is 10.00. The maximum Gasteiger partial charge on any atom is 0.243 e. The molecule has 0 radical (unpaired) electrons. The van der Waals surface area contributed by atoms with Gasteiger partial charge in [0.15, 0.2) is 11.0 Å². The molecule has 2 unspecified atom stereocenters. The molecule has 0 bridgehead atoms. The number of para-hydroxylation sites is 1. The molecule has 4 N–H and O–H groups in total. The third kappa shape index (κ3) is 7.39. The molecule has 11 nitrogen and oxygen atoms in total. The van der Waals surface area contributed by atoms with Crippen molar-refractivity contribution < 1.29 is 19.2 Å². The number of piperazine rings is 1. The van der Waals surface area contributed by atoms with Crippen molar-refractivity contribution in [3.63, 3.8) is 0 Å². The van der Waals surface area contributed by atoms with Crippen LogP contribution in [-0.4, -0.2) is 93.5 Å². The van der Waals surface area contributed by atoms with Gasteiger partial charge in [0.1, 0.15) is 6.04 Å². The Hall–Kier alpha value is -3.74. The fourth-order valence-electron chi connectivity index (χ4n) is 6.99. The molecular weight excluding hydrogens is 661 g/mol. The molecule has 4 heterocycles. The normalized spacial score (nSPS) is 21.9. The van der Waals surface area contributed by atoms with Gasteiger partial charge in [-0.1, -0.05) is 41.4 Å². The minimum absolute atomic E-state index is 0.00436. The first-order valence-electron chi connectivity index (χ1n) is 15.9. The van der Waals surface area contributed by atoms with Crippen LogP contribution in [0, 0.1) is 11.3 Å². The summed E-state index contributed by atoms with van der Waals surface area (Å²) in [4.78, 5) is 63.9. The van der Waals surface area contributed by atoms with Crippen molar-refractivity contribution in [1.29, 1.82) is 5.41 Å². The van der Waals surface area contributed by atoms with Gasteiger partial charge in [-0.05, 0) is 74.3 Å². The van der Waals surface area contributed by atoms with Gasteiger partial charge in [-0.15, -0.1) is 11.3 Å². The highest BCUT2D eigenvalue weighted by Crippen LogP contribution is 2.31. The first-order chi connectivity index (χ1) is 22.6. The Balaban J connectivity index is 1.12. The molecule has 14 heteroatoms. The molecule has 3 aliphatic rings. The second-order valence-electron chi connectivity index (χ2n) is 12.6. The Bertz CT molecular complexity index is 1680. The molecule has 3 aliphatic heterocycles. The zero-order chi connectivity index (χ0) is 33.2. The number of fused-ring (bicyclic) bond motifs is 2. The number of hydrogen-bond acceptors (Lipinski definition) is 7. The van der Waals surface area contributed by atoms with E-state index < -0.39 is 12.1 Å². The van der Waals surface area contributed by atoms with E-state index in [4.69, 9.17) is 34.3 Å². The molecule has 248 valence electrons. The summed E-state index contributed by atoms with van der Waals surface area (Å²) in [5.41, 5.74) is 7.37. The summed E-state index contributed by atoms with van der Waals surface area (Å²) in [6, 6.07) is 10.9. The molecule has 2 aromatic carbocycles. The number of aryl methyl sites for hydroxylation is 1. The fourth-order valence-corrected chi connectivity index (χ4v) is 8.27. The molecule has 4 atom stereocenters. The number of guanidine groups is 1. The number of carbonyl (C=O) groups is 4. The molecule has 1 aromatic heterocycles. The number of nitrogens with one attached hydrogen (secondary N) is 2. The highest BCUT2D eigenvalue weighted by molar-refractivity contribution is 7.20. The molecule has 47 heavy (non-hydrogen) atoms. The zero-order valence-corrected chi connectivity index (χ0v) is 28.1. The van der Waals surface area contributed by atoms with Crippen molar-refractivity contribution in [2.24, 2.45) is 11.7 Å². The lowest BCUT2D eigenvalue weighted by molar-refractivity contribution is -0.151. The average molecular weight is 699 g/mol. The van der Waals surface area contributed by atoms with E-state index in [0.29, 0.717) is 60.4 Å². The number of nitrogens with two attached hydrogens (primary N) is 1. The first-order valence-corrected chi connectivity index (χ1v) is 17.5. The lowest BCUT2D eigenvalue weighted by Gasteiger charge is -2.39. The number of likely N-dealkylation sites (tertiary alicyclic amines) is 1. The second kappa shape index (κ2) is 14.2. The zero-order valence-electron chi connectivity index (χ0n) is 25.8. The molecule has 3 fully saturated rings. The van der Waals surface area contributed by atoms with Crippen LogP contribution in [0.25, 0.3) is 10.2 Å². The van der Waals surface area contributed by atoms with Crippen molar-refractivity contribution in [2.45, 2.75) is 63.1 Å². The van der Waals surface area contributed by atoms with Gasteiger partial charge in [0.25, 0.3) is 0 Å². The van der Waals surface area contributed by atoms with Crippen LogP contribution in [0.4, 0.5) is 0 Å². The summed E-state index contributed by atoms with van der Waals surface area (Å²) in [7, 11) is 0. The van der Waals surface area contributed by atoms with E-state index in [-0.39, 0.29) is 54.4 Å². The number of benzene rings is 2. The van der Waals surface area contributed by atoms with Crippen molar-refractivity contribution in [2.75, 3.05) is 26.2 Å². The minimum atomic E-state index is -0.849. The summed E-state index contributed by atoms with van der Waals surface area (Å²) in [5, 5.41) is 12.1. The van der Waals surface area contributed by atoms with E-state index >= 15 is 0 Å². The first kappa shape index (κ1) is 33.2. The maximum atomic E-state index is 13.9. The van der Waals surface area contributed by atoms with Gasteiger partial charge in [0.2, 0.25) is 23.5 Å². The van der Waals surface area contributed by atoms with Gasteiger partial charge in [0, 0.05) is 26.1 Å². The van der Waals surface area contributed by atoms with E-state index in [2.05, 4.69) is 10.3 Å². The quantitative estimate of drug-likeness (QED) is 0.173. The van der Waals surface area contributed by atoms with E-state index in [9.17, 15) is 19.2 Å². The van der Waals surface area contributed by atoms with Crippen LogP contribution in [0.2, 0.25) is 10.0 Å². The standard InChI is InChI=1S/C33H37Cl2N7O4S/c34-22-10-7-19(14-23(22)35)8-12-28(43)41-17-21-9-11-26(42(21)29(44)18-41)31(46)38-25(15-20-4-3-13-40(16-20)33(36)37)30(45)32-39-24-5-1-2-6-27(24)47-32/h1-2,5-7,10,14,20-21,25-26H,3-4,8-9,11-13,15-18H2,(H3,36,37)(H,38,46)/t20?,21-,25?,26-/m0/s1. The number of amides is 3. The Labute approximate surface area is 286 Å². The number of piperidine rings is 1. The van der Waals surface area contributed by atoms with Crippen molar-refractivity contribution >= 4 is 74.2 Å². The number of halogens is 2. The van der Waals surface area contributed by atoms with Crippen molar-refractivity contribution in [3.8, 4) is 0 Å². The fraction of sp³-hybridized carbons (Fsp3) is 0.455. The summed E-state index contributed by atoms with van der Waals surface area (Å²) < 4.78 is 0.884. The highest BCUT2D eigenvalue weighted by Gasteiger charge is 2.46. The number of ketones is 1. The number of rotatable bonds is 9. The van der Waals surface area contributed by atoms with Gasteiger partial charge in [-0.2, -0.15) is 0 Å². The Morgan fingerprint density at radius 3 is 2.64 bits per heavy atom. The van der Waals surface area contributed by atoms with Crippen LogP contribution in [0.15, 0.2) is 42.5 Å². The smallest absolute Gasteiger partial charge is 0.243 e. The average Bonchev–Trinajstić information content (AvgIpc) is 3.70. The molecule has 0 saturated carbocycles. The van der Waals surface area contributed by atoms with Crippen LogP contribution >= 0.6 is 34.5 Å². The monoisotopic (exact) mass is 697 g/mol. The molecule has 6 rings (SSSR count). The number of thiazole rings is 1. The number of hydrogen-bond donors (Lipinski definition) is 3. The van der Waals surface area contributed by atoms with Crippen molar-refractivity contribution in [3.05, 3.63) is 63.1 Å². The van der Waals surface area contributed by atoms with Gasteiger partial charge in [0.05, 0.1) is 38.9 Å².